The molecular formula is C10H20O2. The summed E-state index contributed by atoms with van der Waals surface area (Å²) in [5, 5.41) is 9.80. The summed E-state index contributed by atoms with van der Waals surface area (Å²) in [7, 11) is 0. The smallest absolute Gasteiger partial charge is 0.0837 e. The first-order chi connectivity index (χ1) is 5.57. The molecule has 3 unspecified atom stereocenters. The highest BCUT2D eigenvalue weighted by Gasteiger charge is 2.37. The summed E-state index contributed by atoms with van der Waals surface area (Å²) in [5.41, 5.74) is 0. The molecule has 0 saturated carbocycles. The first-order valence-corrected chi connectivity index (χ1v) is 4.91. The number of hydrogen-bond donors (Lipinski definition) is 1. The molecule has 1 saturated heterocycles. The Morgan fingerprint density at radius 1 is 1.17 bits per heavy atom. The normalized spacial score (nSPS) is 49.2. The topological polar surface area (TPSA) is 29.5 Å². The zero-order valence-electron chi connectivity index (χ0n) is 8.45. The fourth-order valence-corrected chi connectivity index (χ4v) is 1.89. The van der Waals surface area contributed by atoms with Crippen LogP contribution in [0.5, 0.6) is 0 Å². The van der Waals surface area contributed by atoms with E-state index >= 15 is 0 Å². The largest absolute Gasteiger partial charge is 0.390 e. The Balaban J connectivity index is 2.63. The van der Waals surface area contributed by atoms with E-state index in [-0.39, 0.29) is 18.3 Å². The lowest BCUT2D eigenvalue weighted by atomic mass is 9.81. The van der Waals surface area contributed by atoms with Crippen LogP contribution in [0.4, 0.5) is 0 Å². The molecule has 5 atom stereocenters. The molecule has 0 amide bonds. The number of ether oxygens (including phenoxy) is 1. The van der Waals surface area contributed by atoms with Crippen LogP contribution in [-0.2, 0) is 4.74 Å². The molecule has 1 rings (SSSR count). The summed E-state index contributed by atoms with van der Waals surface area (Å²) >= 11 is 0. The van der Waals surface area contributed by atoms with Crippen LogP contribution in [0.25, 0.3) is 0 Å². The van der Waals surface area contributed by atoms with Gasteiger partial charge < -0.3 is 9.84 Å². The van der Waals surface area contributed by atoms with Gasteiger partial charge in [-0.05, 0) is 25.2 Å². The van der Waals surface area contributed by atoms with Crippen LogP contribution >= 0.6 is 0 Å². The fourth-order valence-electron chi connectivity index (χ4n) is 1.89. The molecule has 2 heteroatoms. The first-order valence-electron chi connectivity index (χ1n) is 4.91. The maximum Gasteiger partial charge on any atom is 0.0837 e. The molecule has 1 heterocycles. The molecule has 1 aliphatic rings. The van der Waals surface area contributed by atoms with Gasteiger partial charge in [0.1, 0.15) is 0 Å². The average molecular weight is 172 g/mol. The van der Waals surface area contributed by atoms with E-state index in [1.807, 2.05) is 0 Å². The van der Waals surface area contributed by atoms with Crippen molar-refractivity contribution in [1.29, 1.82) is 0 Å². The van der Waals surface area contributed by atoms with Gasteiger partial charge in [-0.1, -0.05) is 20.8 Å². The molecule has 72 valence electrons. The van der Waals surface area contributed by atoms with E-state index in [9.17, 15) is 5.11 Å². The third-order valence-electron chi connectivity index (χ3n) is 3.28. The molecule has 1 aliphatic heterocycles. The van der Waals surface area contributed by atoms with E-state index in [1.54, 1.807) is 0 Å². The second-order valence-electron chi connectivity index (χ2n) is 4.00. The predicted molar refractivity (Wildman–Crippen MR) is 49.0 cm³/mol. The van der Waals surface area contributed by atoms with Gasteiger partial charge in [-0.15, -0.1) is 0 Å². The van der Waals surface area contributed by atoms with Crippen molar-refractivity contribution >= 4 is 0 Å². The second kappa shape index (κ2) is 3.75. The van der Waals surface area contributed by atoms with Crippen molar-refractivity contribution in [2.75, 3.05) is 0 Å². The Kier molecular flexibility index (Phi) is 3.13. The van der Waals surface area contributed by atoms with Crippen LogP contribution in [0.1, 0.15) is 34.1 Å². The standard InChI is InChI=1S/C10H20O2/c1-5-9-10(11)7(3)6(2)8(4)12-9/h6-11H,5H2,1-4H3/t6?,7-,8?,9?,10-/m1/s1. The monoisotopic (exact) mass is 172 g/mol. The van der Waals surface area contributed by atoms with Gasteiger partial charge in [0.2, 0.25) is 0 Å². The molecule has 0 aromatic rings. The van der Waals surface area contributed by atoms with Gasteiger partial charge in [0.25, 0.3) is 0 Å². The summed E-state index contributed by atoms with van der Waals surface area (Å²) in [6.45, 7) is 8.40. The SMILES string of the molecule is CCC1OC(C)C(C)[C@@H](C)[C@H]1O. The number of aliphatic hydroxyl groups is 1. The highest BCUT2D eigenvalue weighted by atomic mass is 16.5. The van der Waals surface area contributed by atoms with E-state index in [0.717, 1.165) is 6.42 Å². The van der Waals surface area contributed by atoms with Crippen LogP contribution in [-0.4, -0.2) is 23.4 Å². The Morgan fingerprint density at radius 2 is 1.75 bits per heavy atom. The van der Waals surface area contributed by atoms with Crippen LogP contribution in [0, 0.1) is 11.8 Å². The lowest BCUT2D eigenvalue weighted by Crippen LogP contribution is -2.47. The Bertz CT molecular complexity index is 142. The number of rotatable bonds is 1. The maximum absolute atomic E-state index is 9.80. The minimum absolute atomic E-state index is 0.0474. The van der Waals surface area contributed by atoms with Crippen LogP contribution in [0.2, 0.25) is 0 Å². The summed E-state index contributed by atoms with van der Waals surface area (Å²) in [4.78, 5) is 0. The van der Waals surface area contributed by atoms with Gasteiger partial charge in [0, 0.05) is 0 Å². The maximum atomic E-state index is 9.80. The van der Waals surface area contributed by atoms with Gasteiger partial charge in [-0.2, -0.15) is 0 Å². The molecule has 0 radical (unpaired) electrons. The Morgan fingerprint density at radius 3 is 2.25 bits per heavy atom. The third-order valence-corrected chi connectivity index (χ3v) is 3.28. The molecule has 0 aromatic heterocycles. The van der Waals surface area contributed by atoms with Gasteiger partial charge in [-0.25, -0.2) is 0 Å². The van der Waals surface area contributed by atoms with E-state index in [4.69, 9.17) is 4.74 Å². The molecule has 0 aliphatic carbocycles. The quantitative estimate of drug-likeness (QED) is 0.653. The van der Waals surface area contributed by atoms with E-state index in [0.29, 0.717) is 11.8 Å². The van der Waals surface area contributed by atoms with Crippen LogP contribution < -0.4 is 0 Å². The minimum Gasteiger partial charge on any atom is -0.390 e. The summed E-state index contributed by atoms with van der Waals surface area (Å²) in [5.74, 6) is 0.821. The molecule has 0 aromatic carbocycles. The molecular weight excluding hydrogens is 152 g/mol. The highest BCUT2D eigenvalue weighted by molar-refractivity contribution is 4.85. The van der Waals surface area contributed by atoms with Gasteiger partial charge >= 0.3 is 0 Å². The summed E-state index contributed by atoms with van der Waals surface area (Å²) in [6, 6.07) is 0. The van der Waals surface area contributed by atoms with Gasteiger partial charge in [0.15, 0.2) is 0 Å². The van der Waals surface area contributed by atoms with Crippen molar-refractivity contribution in [3.63, 3.8) is 0 Å². The summed E-state index contributed by atoms with van der Waals surface area (Å²) < 4.78 is 5.68. The molecule has 12 heavy (non-hydrogen) atoms. The van der Waals surface area contributed by atoms with Crippen molar-refractivity contribution in [2.24, 2.45) is 11.8 Å². The van der Waals surface area contributed by atoms with Crippen molar-refractivity contribution in [3.05, 3.63) is 0 Å². The fraction of sp³-hybridized carbons (Fsp3) is 1.00. The van der Waals surface area contributed by atoms with Crippen LogP contribution in [0.15, 0.2) is 0 Å². The second-order valence-corrected chi connectivity index (χ2v) is 4.00. The Hall–Kier alpha value is -0.0800. The zero-order chi connectivity index (χ0) is 9.30. The van der Waals surface area contributed by atoms with E-state index in [1.165, 1.54) is 0 Å². The first kappa shape index (κ1) is 10.0. The Labute approximate surface area is 74.9 Å². The summed E-state index contributed by atoms with van der Waals surface area (Å²) in [6.07, 6.45) is 0.962. The molecule has 0 bridgehead atoms. The van der Waals surface area contributed by atoms with Crippen molar-refractivity contribution in [1.82, 2.24) is 0 Å². The number of aliphatic hydroxyl groups excluding tert-OH is 1. The number of hydrogen-bond acceptors (Lipinski definition) is 2. The predicted octanol–water partition coefficient (Wildman–Crippen LogP) is 1.82. The molecule has 0 spiro atoms. The van der Waals surface area contributed by atoms with Gasteiger partial charge in [-0.3, -0.25) is 0 Å². The lowest BCUT2D eigenvalue weighted by Gasteiger charge is -2.41. The lowest BCUT2D eigenvalue weighted by molar-refractivity contribution is -0.162. The average Bonchev–Trinajstić information content (AvgIpc) is 2.08. The van der Waals surface area contributed by atoms with Crippen molar-refractivity contribution in [2.45, 2.75) is 52.4 Å². The van der Waals surface area contributed by atoms with Gasteiger partial charge in [0.05, 0.1) is 18.3 Å². The molecule has 1 fully saturated rings. The molecule has 2 nitrogen and oxygen atoms in total. The van der Waals surface area contributed by atoms with Crippen molar-refractivity contribution in [3.8, 4) is 0 Å². The minimum atomic E-state index is -0.277. The van der Waals surface area contributed by atoms with Crippen molar-refractivity contribution < 1.29 is 9.84 Å². The van der Waals surface area contributed by atoms with E-state index < -0.39 is 0 Å². The highest BCUT2D eigenvalue weighted by Crippen LogP contribution is 2.31. The van der Waals surface area contributed by atoms with Crippen LogP contribution in [0.3, 0.4) is 0 Å². The zero-order valence-corrected chi connectivity index (χ0v) is 8.45. The molecule has 1 N–H and O–H groups in total. The van der Waals surface area contributed by atoms with E-state index in [2.05, 4.69) is 27.7 Å². The third kappa shape index (κ3) is 1.64.